The van der Waals surface area contributed by atoms with E-state index in [0.717, 1.165) is 0 Å². The lowest BCUT2D eigenvalue weighted by Crippen LogP contribution is -1.86. The van der Waals surface area contributed by atoms with Crippen LogP contribution in [0.1, 0.15) is 17.5 Å². The molecule has 0 bridgehead atoms. The standard InChI is InChI=1S/C11H10ClFO/c1-8-6-10(12)9(7-11(8)13)4-2-3-5-14/h6-7,14H,3,5H2,1H3. The van der Waals surface area contributed by atoms with Crippen molar-refractivity contribution in [3.63, 3.8) is 0 Å². The van der Waals surface area contributed by atoms with Gasteiger partial charge in [-0.15, -0.1) is 0 Å². The first-order chi connectivity index (χ1) is 6.65. The van der Waals surface area contributed by atoms with Gasteiger partial charge < -0.3 is 5.11 Å². The van der Waals surface area contributed by atoms with Crippen molar-refractivity contribution in [3.05, 3.63) is 34.1 Å². The molecule has 0 heterocycles. The number of benzene rings is 1. The first kappa shape index (κ1) is 11.0. The quantitative estimate of drug-likeness (QED) is 0.710. The molecule has 0 aliphatic heterocycles. The number of hydrogen-bond donors (Lipinski definition) is 1. The third kappa shape index (κ3) is 2.73. The molecule has 1 aromatic rings. The maximum atomic E-state index is 13.1. The van der Waals surface area contributed by atoms with Crippen molar-refractivity contribution < 1.29 is 9.50 Å². The second kappa shape index (κ2) is 4.99. The lowest BCUT2D eigenvalue weighted by atomic mass is 10.1. The van der Waals surface area contributed by atoms with E-state index < -0.39 is 0 Å². The van der Waals surface area contributed by atoms with Gasteiger partial charge in [0.05, 0.1) is 11.6 Å². The van der Waals surface area contributed by atoms with E-state index in [-0.39, 0.29) is 12.4 Å². The van der Waals surface area contributed by atoms with Crippen LogP contribution in [-0.2, 0) is 0 Å². The van der Waals surface area contributed by atoms with Crippen molar-refractivity contribution in [1.82, 2.24) is 0 Å². The fourth-order valence-electron chi connectivity index (χ4n) is 0.956. The van der Waals surface area contributed by atoms with E-state index >= 15 is 0 Å². The van der Waals surface area contributed by atoms with Gasteiger partial charge in [0.1, 0.15) is 5.82 Å². The van der Waals surface area contributed by atoms with Crippen LogP contribution in [0.25, 0.3) is 0 Å². The van der Waals surface area contributed by atoms with Gasteiger partial charge >= 0.3 is 0 Å². The number of aryl methyl sites for hydroxylation is 1. The third-order valence-corrected chi connectivity index (χ3v) is 2.02. The zero-order valence-electron chi connectivity index (χ0n) is 7.77. The second-order valence-corrected chi connectivity index (χ2v) is 3.26. The molecule has 0 saturated carbocycles. The van der Waals surface area contributed by atoms with Crippen LogP contribution in [0.3, 0.4) is 0 Å². The highest BCUT2D eigenvalue weighted by Crippen LogP contribution is 2.19. The molecular weight excluding hydrogens is 203 g/mol. The Labute approximate surface area is 87.5 Å². The molecule has 14 heavy (non-hydrogen) atoms. The van der Waals surface area contributed by atoms with Gasteiger partial charge in [0.15, 0.2) is 0 Å². The molecule has 1 rings (SSSR count). The molecule has 0 atom stereocenters. The first-order valence-corrected chi connectivity index (χ1v) is 4.58. The van der Waals surface area contributed by atoms with E-state index in [1.807, 2.05) is 0 Å². The molecule has 0 saturated heterocycles. The van der Waals surface area contributed by atoms with Gasteiger partial charge in [-0.25, -0.2) is 4.39 Å². The van der Waals surface area contributed by atoms with Gasteiger partial charge in [-0.1, -0.05) is 23.4 Å². The van der Waals surface area contributed by atoms with Crippen LogP contribution in [0.15, 0.2) is 12.1 Å². The summed E-state index contributed by atoms with van der Waals surface area (Å²) in [4.78, 5) is 0. The van der Waals surface area contributed by atoms with E-state index in [1.165, 1.54) is 6.07 Å². The Morgan fingerprint density at radius 1 is 1.50 bits per heavy atom. The Balaban J connectivity index is 3.00. The van der Waals surface area contributed by atoms with Crippen LogP contribution in [0.2, 0.25) is 5.02 Å². The molecule has 3 heteroatoms. The summed E-state index contributed by atoms with van der Waals surface area (Å²) in [5.41, 5.74) is 0.964. The molecule has 1 aromatic carbocycles. The largest absolute Gasteiger partial charge is 0.395 e. The zero-order valence-corrected chi connectivity index (χ0v) is 8.53. The predicted octanol–water partition coefficient (Wildman–Crippen LogP) is 2.52. The molecule has 0 aromatic heterocycles. The van der Waals surface area contributed by atoms with Crippen LogP contribution in [0, 0.1) is 24.6 Å². The summed E-state index contributed by atoms with van der Waals surface area (Å²) < 4.78 is 13.1. The fourth-order valence-corrected chi connectivity index (χ4v) is 1.22. The van der Waals surface area contributed by atoms with Crippen LogP contribution in [0.5, 0.6) is 0 Å². The number of rotatable bonds is 1. The number of aliphatic hydroxyl groups excluding tert-OH is 1. The summed E-state index contributed by atoms with van der Waals surface area (Å²) in [5, 5.41) is 8.94. The predicted molar refractivity (Wildman–Crippen MR) is 54.7 cm³/mol. The first-order valence-electron chi connectivity index (χ1n) is 4.20. The minimum Gasteiger partial charge on any atom is -0.395 e. The lowest BCUT2D eigenvalue weighted by molar-refractivity contribution is 0.305. The molecule has 0 unspecified atom stereocenters. The molecule has 1 nitrogen and oxygen atoms in total. The topological polar surface area (TPSA) is 20.2 Å². The monoisotopic (exact) mass is 212 g/mol. The molecule has 0 aliphatic carbocycles. The number of hydrogen-bond acceptors (Lipinski definition) is 1. The lowest BCUT2D eigenvalue weighted by Gasteiger charge is -1.99. The van der Waals surface area contributed by atoms with Gasteiger partial charge in [-0.05, 0) is 24.6 Å². The van der Waals surface area contributed by atoms with Crippen molar-refractivity contribution in [2.24, 2.45) is 0 Å². The average molecular weight is 213 g/mol. The van der Waals surface area contributed by atoms with Gasteiger partial charge in [0, 0.05) is 12.0 Å². The molecule has 1 N–H and O–H groups in total. The Bertz CT molecular complexity index is 390. The fraction of sp³-hybridized carbons (Fsp3) is 0.273. The minimum atomic E-state index is -0.317. The van der Waals surface area contributed by atoms with Crippen LogP contribution >= 0.6 is 11.6 Å². The molecule has 0 radical (unpaired) electrons. The van der Waals surface area contributed by atoms with Crippen LogP contribution in [-0.4, -0.2) is 11.7 Å². The smallest absolute Gasteiger partial charge is 0.127 e. The SMILES string of the molecule is Cc1cc(Cl)c(C#CCCO)cc1F. The molecule has 0 amide bonds. The van der Waals surface area contributed by atoms with Gasteiger partial charge in [-0.2, -0.15) is 0 Å². The summed E-state index contributed by atoms with van der Waals surface area (Å²) in [6.45, 7) is 1.64. The van der Waals surface area contributed by atoms with E-state index in [2.05, 4.69) is 11.8 Å². The second-order valence-electron chi connectivity index (χ2n) is 2.86. The van der Waals surface area contributed by atoms with Gasteiger partial charge in [-0.3, -0.25) is 0 Å². The van der Waals surface area contributed by atoms with E-state index in [1.54, 1.807) is 13.0 Å². The van der Waals surface area contributed by atoms with Crippen molar-refractivity contribution in [2.75, 3.05) is 6.61 Å². The molecule has 0 aliphatic rings. The summed E-state index contributed by atoms with van der Waals surface area (Å²) in [7, 11) is 0. The number of aliphatic hydroxyl groups is 1. The Morgan fingerprint density at radius 2 is 2.21 bits per heavy atom. The highest BCUT2D eigenvalue weighted by molar-refractivity contribution is 6.31. The maximum Gasteiger partial charge on any atom is 0.127 e. The Morgan fingerprint density at radius 3 is 2.86 bits per heavy atom. The van der Waals surface area contributed by atoms with Crippen molar-refractivity contribution >= 4 is 11.6 Å². The van der Waals surface area contributed by atoms with Gasteiger partial charge in [0.25, 0.3) is 0 Å². The van der Waals surface area contributed by atoms with Crippen molar-refractivity contribution in [2.45, 2.75) is 13.3 Å². The highest BCUT2D eigenvalue weighted by atomic mass is 35.5. The summed E-state index contributed by atoms with van der Waals surface area (Å²) in [6, 6.07) is 2.85. The molecule has 74 valence electrons. The Kier molecular flexibility index (Phi) is 3.94. The summed E-state index contributed by atoms with van der Waals surface area (Å²) >= 11 is 5.85. The van der Waals surface area contributed by atoms with E-state index in [9.17, 15) is 4.39 Å². The van der Waals surface area contributed by atoms with E-state index in [4.69, 9.17) is 16.7 Å². The number of halogens is 2. The minimum absolute atomic E-state index is 0.00103. The normalized spacial score (nSPS) is 9.43. The van der Waals surface area contributed by atoms with Crippen molar-refractivity contribution in [3.8, 4) is 11.8 Å². The summed E-state index contributed by atoms with van der Waals surface area (Å²) in [6.07, 6.45) is 0.367. The molecule has 0 spiro atoms. The Hall–Kier alpha value is -1.04. The van der Waals surface area contributed by atoms with Crippen LogP contribution < -0.4 is 0 Å². The molecular formula is C11H10ClFO. The highest BCUT2D eigenvalue weighted by Gasteiger charge is 2.02. The maximum absolute atomic E-state index is 13.1. The summed E-state index contributed by atoms with van der Waals surface area (Å²) in [5.74, 6) is 5.07. The average Bonchev–Trinajstić information content (AvgIpc) is 2.14. The third-order valence-electron chi connectivity index (χ3n) is 1.71. The van der Waals surface area contributed by atoms with Crippen molar-refractivity contribution in [1.29, 1.82) is 0 Å². The van der Waals surface area contributed by atoms with Gasteiger partial charge in [0.2, 0.25) is 0 Å². The van der Waals surface area contributed by atoms with E-state index in [0.29, 0.717) is 22.6 Å². The van der Waals surface area contributed by atoms with Crippen LogP contribution in [0.4, 0.5) is 4.39 Å². The molecule has 0 fully saturated rings. The zero-order chi connectivity index (χ0) is 10.6.